The Kier molecular flexibility index (Phi) is 5.45. The standard InChI is InChI=1S/C18H24F4N4O3/c1-2-17(19,20)9-12(13(27)25-16(11-23)3-4-16)24-14(28)29-26-7-5-15(6-8-26)10-18(15,21)22/h12H,2-10H2,1H3,(H,24,28)(H,25,27)/t12-/m0/s1. The number of amides is 2. The summed E-state index contributed by atoms with van der Waals surface area (Å²) >= 11 is 0. The van der Waals surface area contributed by atoms with E-state index in [1.807, 2.05) is 6.07 Å². The number of rotatable bonds is 7. The molecule has 11 heteroatoms. The van der Waals surface area contributed by atoms with Crippen LogP contribution in [0.2, 0.25) is 0 Å². The number of alkyl halides is 4. The number of nitrogens with one attached hydrogen (secondary N) is 2. The SMILES string of the molecule is CCC(F)(F)C[C@H](NC(=O)ON1CCC2(CC1)CC2(F)F)C(=O)NC1(C#N)CC1. The van der Waals surface area contributed by atoms with E-state index in [2.05, 4.69) is 10.6 Å². The average Bonchev–Trinajstić information content (AvgIpc) is 3.53. The highest BCUT2D eigenvalue weighted by Gasteiger charge is 2.70. The number of carbonyl (C=O) groups is 2. The normalized spacial score (nSPS) is 24.8. The summed E-state index contributed by atoms with van der Waals surface area (Å²) in [6, 6.07) is 0.331. The molecule has 0 bridgehead atoms. The van der Waals surface area contributed by atoms with Crippen LogP contribution in [0.3, 0.4) is 0 Å². The van der Waals surface area contributed by atoms with Gasteiger partial charge >= 0.3 is 6.09 Å². The third-order valence-corrected chi connectivity index (χ3v) is 6.06. The first-order valence-electron chi connectivity index (χ1n) is 9.68. The first-order valence-corrected chi connectivity index (χ1v) is 9.68. The molecule has 2 saturated carbocycles. The summed E-state index contributed by atoms with van der Waals surface area (Å²) in [5, 5.41) is 14.8. The molecule has 2 N–H and O–H groups in total. The van der Waals surface area contributed by atoms with Crippen molar-refractivity contribution in [1.82, 2.24) is 15.7 Å². The summed E-state index contributed by atoms with van der Waals surface area (Å²) in [4.78, 5) is 29.6. The maximum absolute atomic E-state index is 13.8. The summed E-state index contributed by atoms with van der Waals surface area (Å²) < 4.78 is 54.5. The number of hydrogen-bond acceptors (Lipinski definition) is 5. The molecule has 2 amide bonds. The zero-order valence-corrected chi connectivity index (χ0v) is 16.1. The van der Waals surface area contributed by atoms with Crippen LogP contribution in [-0.2, 0) is 9.63 Å². The van der Waals surface area contributed by atoms with E-state index in [1.54, 1.807) is 0 Å². The quantitative estimate of drug-likeness (QED) is 0.618. The van der Waals surface area contributed by atoms with Crippen LogP contribution in [0.25, 0.3) is 0 Å². The molecular formula is C18H24F4N4O3. The van der Waals surface area contributed by atoms with Crippen molar-refractivity contribution < 1.29 is 32.0 Å². The second kappa shape index (κ2) is 7.31. The topological polar surface area (TPSA) is 94.5 Å². The molecule has 162 valence electrons. The van der Waals surface area contributed by atoms with Gasteiger partial charge in [0.15, 0.2) is 0 Å². The van der Waals surface area contributed by atoms with Crippen molar-refractivity contribution in [2.75, 3.05) is 13.1 Å². The number of halogens is 4. The van der Waals surface area contributed by atoms with Crippen molar-refractivity contribution in [2.24, 2.45) is 5.41 Å². The molecular weight excluding hydrogens is 396 g/mol. The summed E-state index contributed by atoms with van der Waals surface area (Å²) in [7, 11) is 0. The number of nitrogens with zero attached hydrogens (tertiary/aromatic N) is 2. The van der Waals surface area contributed by atoms with E-state index in [0.717, 1.165) is 0 Å². The van der Waals surface area contributed by atoms with Crippen LogP contribution in [0.1, 0.15) is 51.9 Å². The molecule has 0 unspecified atom stereocenters. The van der Waals surface area contributed by atoms with Gasteiger partial charge in [0.25, 0.3) is 5.92 Å². The lowest BCUT2D eigenvalue weighted by Gasteiger charge is -2.31. The van der Waals surface area contributed by atoms with E-state index >= 15 is 0 Å². The fourth-order valence-corrected chi connectivity index (χ4v) is 3.58. The molecule has 3 aliphatic rings. The fraction of sp³-hybridized carbons (Fsp3) is 0.833. The van der Waals surface area contributed by atoms with E-state index in [0.29, 0.717) is 12.8 Å². The van der Waals surface area contributed by atoms with Gasteiger partial charge in [-0.2, -0.15) is 5.26 Å². The maximum atomic E-state index is 13.8. The minimum absolute atomic E-state index is 0.0997. The van der Waals surface area contributed by atoms with Crippen LogP contribution < -0.4 is 10.6 Å². The predicted molar refractivity (Wildman–Crippen MR) is 91.8 cm³/mol. The van der Waals surface area contributed by atoms with Crippen LogP contribution in [0.4, 0.5) is 22.4 Å². The predicted octanol–water partition coefficient (Wildman–Crippen LogP) is 2.73. The van der Waals surface area contributed by atoms with E-state index in [9.17, 15) is 27.2 Å². The summed E-state index contributed by atoms with van der Waals surface area (Å²) in [6.07, 6.45) is -1.60. The van der Waals surface area contributed by atoms with E-state index in [4.69, 9.17) is 10.1 Å². The highest BCUT2D eigenvalue weighted by Crippen LogP contribution is 2.65. The molecule has 1 atom stereocenters. The first kappa shape index (κ1) is 21.6. The Morgan fingerprint density at radius 2 is 1.83 bits per heavy atom. The molecule has 0 aromatic rings. The molecule has 0 aromatic heterocycles. The summed E-state index contributed by atoms with van der Waals surface area (Å²) in [6.45, 7) is 1.45. The molecule has 0 radical (unpaired) electrons. The molecule has 1 spiro atoms. The van der Waals surface area contributed by atoms with E-state index in [1.165, 1.54) is 12.0 Å². The molecule has 1 saturated heterocycles. The molecule has 1 heterocycles. The minimum Gasteiger partial charge on any atom is -0.351 e. The van der Waals surface area contributed by atoms with Gasteiger partial charge in [0, 0.05) is 37.8 Å². The van der Waals surface area contributed by atoms with Crippen LogP contribution in [0.15, 0.2) is 0 Å². The van der Waals surface area contributed by atoms with Gasteiger partial charge in [0.1, 0.15) is 11.6 Å². The minimum atomic E-state index is -3.20. The summed E-state index contributed by atoms with van der Waals surface area (Å²) in [5.41, 5.74) is -2.09. The number of hydroxylamine groups is 2. The van der Waals surface area contributed by atoms with E-state index < -0.39 is 53.7 Å². The van der Waals surface area contributed by atoms with Crippen molar-refractivity contribution in [2.45, 2.75) is 75.3 Å². The highest BCUT2D eigenvalue weighted by molar-refractivity contribution is 5.86. The van der Waals surface area contributed by atoms with Gasteiger partial charge in [0.05, 0.1) is 6.07 Å². The Balaban J connectivity index is 1.54. The van der Waals surface area contributed by atoms with Crippen LogP contribution in [0, 0.1) is 16.7 Å². The zero-order valence-electron chi connectivity index (χ0n) is 16.1. The van der Waals surface area contributed by atoms with Gasteiger partial charge in [-0.15, -0.1) is 5.06 Å². The van der Waals surface area contributed by atoms with Crippen LogP contribution in [0.5, 0.6) is 0 Å². The van der Waals surface area contributed by atoms with Gasteiger partial charge in [-0.1, -0.05) is 6.92 Å². The lowest BCUT2D eigenvalue weighted by atomic mass is 9.94. The number of hydrogen-bond donors (Lipinski definition) is 2. The van der Waals surface area contributed by atoms with Crippen molar-refractivity contribution in [3.05, 3.63) is 0 Å². The molecule has 29 heavy (non-hydrogen) atoms. The van der Waals surface area contributed by atoms with Gasteiger partial charge in [-0.05, 0) is 25.7 Å². The third-order valence-electron chi connectivity index (χ3n) is 6.06. The Labute approximate surface area is 165 Å². The van der Waals surface area contributed by atoms with Crippen molar-refractivity contribution in [3.63, 3.8) is 0 Å². The second-order valence-corrected chi connectivity index (χ2v) is 8.26. The van der Waals surface area contributed by atoms with E-state index in [-0.39, 0.29) is 32.4 Å². The lowest BCUT2D eigenvalue weighted by molar-refractivity contribution is -0.135. The van der Waals surface area contributed by atoms with Gasteiger partial charge < -0.3 is 15.5 Å². The molecule has 2 aliphatic carbocycles. The third kappa shape index (κ3) is 4.74. The number of nitriles is 1. The smallest absolute Gasteiger partial charge is 0.351 e. The van der Waals surface area contributed by atoms with Crippen LogP contribution >= 0.6 is 0 Å². The van der Waals surface area contributed by atoms with Crippen molar-refractivity contribution in [1.29, 1.82) is 5.26 Å². The second-order valence-electron chi connectivity index (χ2n) is 8.26. The Morgan fingerprint density at radius 1 is 1.24 bits per heavy atom. The molecule has 1 aliphatic heterocycles. The monoisotopic (exact) mass is 420 g/mol. The maximum Gasteiger partial charge on any atom is 0.426 e. The largest absolute Gasteiger partial charge is 0.426 e. The van der Waals surface area contributed by atoms with Gasteiger partial charge in [-0.3, -0.25) is 4.79 Å². The average molecular weight is 420 g/mol. The summed E-state index contributed by atoms with van der Waals surface area (Å²) in [5.74, 6) is -6.77. The van der Waals surface area contributed by atoms with Crippen molar-refractivity contribution >= 4 is 12.0 Å². The van der Waals surface area contributed by atoms with Gasteiger partial charge in [0.2, 0.25) is 11.8 Å². The highest BCUT2D eigenvalue weighted by atomic mass is 19.3. The molecule has 3 fully saturated rings. The Hall–Kier alpha value is -2.09. The molecule has 7 nitrogen and oxygen atoms in total. The lowest BCUT2D eigenvalue weighted by Crippen LogP contribution is -2.53. The molecule has 0 aromatic carbocycles. The molecule has 3 rings (SSSR count). The first-order chi connectivity index (χ1) is 13.5. The van der Waals surface area contributed by atoms with Gasteiger partial charge in [-0.25, -0.2) is 22.4 Å². The van der Waals surface area contributed by atoms with Crippen molar-refractivity contribution in [3.8, 4) is 6.07 Å². The fourth-order valence-electron chi connectivity index (χ4n) is 3.58. The number of piperidine rings is 1. The zero-order chi connectivity index (χ0) is 21.5. The number of carbonyl (C=O) groups excluding carboxylic acids is 2. The Morgan fingerprint density at radius 3 is 2.28 bits per heavy atom. The Bertz CT molecular complexity index is 712. The van der Waals surface area contributed by atoms with Crippen LogP contribution in [-0.4, -0.2) is 53.6 Å².